The fraction of sp³-hybridized carbons (Fsp3) is 0.538. The number of amides is 1. The van der Waals surface area contributed by atoms with E-state index in [1.807, 2.05) is 0 Å². The molecular weight excluding hydrogens is 266 g/mol. The van der Waals surface area contributed by atoms with E-state index < -0.39 is 17.2 Å². The first-order valence-corrected chi connectivity index (χ1v) is 6.36. The zero-order valence-corrected chi connectivity index (χ0v) is 12.0. The number of carbonyl (C=O) groups excluding carboxylic acids is 1. The Morgan fingerprint density at radius 3 is 2.55 bits per heavy atom. The van der Waals surface area contributed by atoms with Crippen molar-refractivity contribution in [1.29, 1.82) is 0 Å². The maximum absolute atomic E-state index is 14.0. The first kappa shape index (κ1) is 14.5. The fourth-order valence-electron chi connectivity index (χ4n) is 2.41. The third-order valence-corrected chi connectivity index (χ3v) is 3.61. The van der Waals surface area contributed by atoms with Crippen LogP contribution in [0.1, 0.15) is 13.8 Å². The number of hydrogen-bond donors (Lipinski definition) is 1. The number of carbonyl (C=O) groups is 1. The molecule has 1 amide bonds. The number of rotatable bonds is 2. The summed E-state index contributed by atoms with van der Waals surface area (Å²) >= 11 is 0. The fourth-order valence-corrected chi connectivity index (χ4v) is 2.41. The number of pyridine rings is 1. The molecule has 0 radical (unpaired) electrons. The quantitative estimate of drug-likeness (QED) is 0.893. The van der Waals surface area contributed by atoms with Crippen LogP contribution in [-0.4, -0.2) is 48.5 Å². The van der Waals surface area contributed by atoms with Crippen molar-refractivity contribution in [3.8, 4) is 0 Å². The molecule has 110 valence electrons. The third-order valence-electron chi connectivity index (χ3n) is 3.61. The standard InChI is InChI=1S/C13H18F2N4O/c1-13(2)12(20)18(4)5-6-19(13)11-9(15)7-8(14)10(16-3)17-11/h7H,5-6H2,1-4H3,(H,16,17). The second kappa shape index (κ2) is 4.88. The van der Waals surface area contributed by atoms with E-state index >= 15 is 0 Å². The molecule has 1 fully saturated rings. The lowest BCUT2D eigenvalue weighted by Gasteiger charge is -2.45. The largest absolute Gasteiger partial charge is 0.371 e. The van der Waals surface area contributed by atoms with Gasteiger partial charge < -0.3 is 15.1 Å². The third kappa shape index (κ3) is 2.17. The number of piperazine rings is 1. The average Bonchev–Trinajstić information content (AvgIpc) is 2.38. The van der Waals surface area contributed by atoms with Crippen molar-refractivity contribution < 1.29 is 13.6 Å². The molecule has 5 nitrogen and oxygen atoms in total. The lowest BCUT2D eigenvalue weighted by molar-refractivity contribution is -0.136. The molecule has 0 unspecified atom stereocenters. The van der Waals surface area contributed by atoms with E-state index in [9.17, 15) is 13.6 Å². The van der Waals surface area contributed by atoms with Gasteiger partial charge in [-0.25, -0.2) is 13.8 Å². The van der Waals surface area contributed by atoms with E-state index in [-0.39, 0.29) is 17.5 Å². The van der Waals surface area contributed by atoms with Gasteiger partial charge in [-0.2, -0.15) is 0 Å². The van der Waals surface area contributed by atoms with Gasteiger partial charge in [-0.3, -0.25) is 4.79 Å². The molecule has 0 bridgehead atoms. The number of nitrogens with one attached hydrogen (secondary N) is 1. The van der Waals surface area contributed by atoms with Crippen LogP contribution in [0.3, 0.4) is 0 Å². The molecule has 2 rings (SSSR count). The van der Waals surface area contributed by atoms with Crippen molar-refractivity contribution >= 4 is 17.5 Å². The van der Waals surface area contributed by atoms with Crippen LogP contribution in [0.5, 0.6) is 0 Å². The molecule has 1 aromatic rings. The Hall–Kier alpha value is -1.92. The van der Waals surface area contributed by atoms with Crippen molar-refractivity contribution in [1.82, 2.24) is 9.88 Å². The Bertz CT molecular complexity index is 547. The van der Waals surface area contributed by atoms with Crippen LogP contribution in [0.4, 0.5) is 20.4 Å². The highest BCUT2D eigenvalue weighted by molar-refractivity contribution is 5.90. The number of likely N-dealkylation sites (N-methyl/N-ethyl adjacent to an activating group) is 1. The van der Waals surface area contributed by atoms with Gasteiger partial charge >= 0.3 is 0 Å². The molecule has 1 saturated heterocycles. The van der Waals surface area contributed by atoms with Gasteiger partial charge in [-0.1, -0.05) is 0 Å². The minimum atomic E-state index is -0.927. The molecular formula is C13H18F2N4O. The lowest BCUT2D eigenvalue weighted by Crippen LogP contribution is -2.62. The summed E-state index contributed by atoms with van der Waals surface area (Å²) in [7, 11) is 3.21. The average molecular weight is 284 g/mol. The summed E-state index contributed by atoms with van der Waals surface area (Å²) in [5.74, 6) is -1.70. The minimum absolute atomic E-state index is 0.0119. The van der Waals surface area contributed by atoms with Crippen molar-refractivity contribution in [2.45, 2.75) is 19.4 Å². The maximum atomic E-state index is 14.0. The number of anilines is 2. The molecule has 1 aliphatic heterocycles. The molecule has 2 heterocycles. The normalized spacial score (nSPS) is 18.4. The van der Waals surface area contributed by atoms with Crippen molar-refractivity contribution in [3.63, 3.8) is 0 Å². The van der Waals surface area contributed by atoms with Crippen LogP contribution in [0.25, 0.3) is 0 Å². The molecule has 0 atom stereocenters. The summed E-state index contributed by atoms with van der Waals surface area (Å²) in [6.45, 7) is 4.31. The van der Waals surface area contributed by atoms with Gasteiger partial charge in [0, 0.05) is 33.3 Å². The number of hydrogen-bond acceptors (Lipinski definition) is 4. The van der Waals surface area contributed by atoms with Gasteiger partial charge in [0.2, 0.25) is 5.91 Å². The Morgan fingerprint density at radius 1 is 1.30 bits per heavy atom. The van der Waals surface area contributed by atoms with Crippen molar-refractivity contribution in [2.75, 3.05) is 37.4 Å². The Labute approximate surface area is 116 Å². The van der Waals surface area contributed by atoms with E-state index in [2.05, 4.69) is 10.3 Å². The molecule has 1 N–H and O–H groups in total. The number of halogens is 2. The van der Waals surface area contributed by atoms with Crippen molar-refractivity contribution in [2.24, 2.45) is 0 Å². The van der Waals surface area contributed by atoms with Gasteiger partial charge in [-0.05, 0) is 13.8 Å². The Kier molecular flexibility index (Phi) is 3.54. The number of aromatic nitrogens is 1. The van der Waals surface area contributed by atoms with E-state index in [4.69, 9.17) is 0 Å². The minimum Gasteiger partial charge on any atom is -0.371 e. The van der Waals surface area contributed by atoms with Crippen LogP contribution in [0, 0.1) is 11.6 Å². The van der Waals surface area contributed by atoms with E-state index in [1.165, 1.54) is 7.05 Å². The molecule has 0 aromatic carbocycles. The van der Waals surface area contributed by atoms with Crippen LogP contribution >= 0.6 is 0 Å². The van der Waals surface area contributed by atoms with E-state index in [0.29, 0.717) is 13.1 Å². The summed E-state index contributed by atoms with van der Waals surface area (Å²) in [5, 5.41) is 2.57. The zero-order chi connectivity index (χ0) is 15.1. The van der Waals surface area contributed by atoms with Crippen molar-refractivity contribution in [3.05, 3.63) is 17.7 Å². The highest BCUT2D eigenvalue weighted by atomic mass is 19.1. The molecule has 7 heteroatoms. The highest BCUT2D eigenvalue weighted by Crippen LogP contribution is 2.30. The topological polar surface area (TPSA) is 48.5 Å². The Balaban J connectivity index is 2.48. The van der Waals surface area contributed by atoms with Crippen LogP contribution in [-0.2, 0) is 4.79 Å². The SMILES string of the molecule is CNc1nc(N2CCN(C)C(=O)C2(C)C)c(F)cc1F. The van der Waals surface area contributed by atoms with E-state index in [1.54, 1.807) is 30.7 Å². The predicted molar refractivity (Wildman–Crippen MR) is 72.8 cm³/mol. The zero-order valence-electron chi connectivity index (χ0n) is 12.0. The predicted octanol–water partition coefficient (Wildman–Crippen LogP) is 1.46. The molecule has 1 aliphatic rings. The first-order valence-electron chi connectivity index (χ1n) is 6.36. The van der Waals surface area contributed by atoms with Gasteiger partial charge in [0.1, 0.15) is 5.54 Å². The molecule has 1 aromatic heterocycles. The van der Waals surface area contributed by atoms with Gasteiger partial charge in [0.05, 0.1) is 0 Å². The summed E-state index contributed by atoms with van der Waals surface area (Å²) in [6.07, 6.45) is 0. The van der Waals surface area contributed by atoms with Gasteiger partial charge in [-0.15, -0.1) is 0 Å². The first-order chi connectivity index (χ1) is 9.28. The summed E-state index contributed by atoms with van der Waals surface area (Å²) in [4.78, 5) is 19.3. The van der Waals surface area contributed by atoms with E-state index in [0.717, 1.165) is 6.07 Å². The highest BCUT2D eigenvalue weighted by Gasteiger charge is 2.42. The van der Waals surface area contributed by atoms with Crippen LogP contribution in [0.2, 0.25) is 0 Å². The molecule has 0 aliphatic carbocycles. The summed E-state index contributed by atoms with van der Waals surface area (Å²) in [6, 6.07) is 0.785. The summed E-state index contributed by atoms with van der Waals surface area (Å²) in [5.41, 5.74) is -0.927. The monoisotopic (exact) mass is 284 g/mol. The summed E-state index contributed by atoms with van der Waals surface area (Å²) < 4.78 is 27.5. The molecule has 0 spiro atoms. The number of nitrogens with zero attached hydrogens (tertiary/aromatic N) is 3. The second-order valence-electron chi connectivity index (χ2n) is 5.31. The molecule has 0 saturated carbocycles. The van der Waals surface area contributed by atoms with Crippen LogP contribution in [0.15, 0.2) is 6.07 Å². The molecule has 20 heavy (non-hydrogen) atoms. The van der Waals surface area contributed by atoms with Gasteiger partial charge in [0.25, 0.3) is 0 Å². The van der Waals surface area contributed by atoms with Crippen LogP contribution < -0.4 is 10.2 Å². The smallest absolute Gasteiger partial charge is 0.247 e. The second-order valence-corrected chi connectivity index (χ2v) is 5.31. The lowest BCUT2D eigenvalue weighted by atomic mass is 9.97. The maximum Gasteiger partial charge on any atom is 0.247 e. The Morgan fingerprint density at radius 2 is 1.95 bits per heavy atom. The van der Waals surface area contributed by atoms with Gasteiger partial charge in [0.15, 0.2) is 23.3 Å².